The van der Waals surface area contributed by atoms with Crippen molar-refractivity contribution in [2.45, 2.75) is 9.79 Å². The third-order valence-electron chi connectivity index (χ3n) is 4.35. The van der Waals surface area contributed by atoms with Crippen molar-refractivity contribution in [3.63, 3.8) is 0 Å². The predicted octanol–water partition coefficient (Wildman–Crippen LogP) is 7.08. The molecule has 28 heavy (non-hydrogen) atoms. The molecule has 6 heteroatoms. The van der Waals surface area contributed by atoms with E-state index in [1.54, 1.807) is 23.9 Å². The molecule has 4 aromatic rings. The van der Waals surface area contributed by atoms with Crippen LogP contribution in [-0.2, 0) is 4.74 Å². The van der Waals surface area contributed by atoms with Gasteiger partial charge in [-0.3, -0.25) is 0 Å². The molecule has 0 aliphatic carbocycles. The average molecular weight is 428 g/mol. The molecule has 0 radical (unpaired) electrons. The largest absolute Gasteiger partial charge is 0.464 e. The lowest BCUT2D eigenvalue weighted by atomic mass is 10.0. The third-order valence-corrected chi connectivity index (χ3v) is 6.13. The van der Waals surface area contributed by atoms with Crippen molar-refractivity contribution < 1.29 is 9.53 Å². The number of aromatic amines is 1. The highest BCUT2D eigenvalue weighted by Gasteiger charge is 2.17. The Hall–Kier alpha value is -2.40. The van der Waals surface area contributed by atoms with E-state index >= 15 is 0 Å². The molecule has 0 aliphatic rings. The van der Waals surface area contributed by atoms with Crippen LogP contribution in [0.4, 0.5) is 0 Å². The van der Waals surface area contributed by atoms with E-state index in [2.05, 4.69) is 4.98 Å². The normalized spacial score (nSPS) is 11.0. The van der Waals surface area contributed by atoms with Gasteiger partial charge in [-0.2, -0.15) is 0 Å². The van der Waals surface area contributed by atoms with Crippen molar-refractivity contribution in [1.29, 1.82) is 0 Å². The summed E-state index contributed by atoms with van der Waals surface area (Å²) in [6, 6.07) is 21.5. The summed E-state index contributed by atoms with van der Waals surface area (Å²) in [7, 11) is 1.37. The quantitative estimate of drug-likeness (QED) is 0.353. The molecule has 3 aromatic carbocycles. The number of ether oxygens (including phenoxy) is 1. The highest BCUT2D eigenvalue weighted by atomic mass is 35.5. The van der Waals surface area contributed by atoms with Crippen molar-refractivity contribution in [3.8, 4) is 11.1 Å². The standard InChI is InChI=1S/C22H15Cl2NO2S/c1-27-22(26)18-11-14-7-10-19(28-15-8-9-16(23)17(24)12-15)20(21(14)25-18)13-5-3-2-4-6-13/h2-12,25H,1H3. The molecule has 0 aliphatic heterocycles. The number of benzene rings is 3. The van der Waals surface area contributed by atoms with Gasteiger partial charge in [-0.05, 0) is 35.9 Å². The highest BCUT2D eigenvalue weighted by Crippen LogP contribution is 2.41. The molecular weight excluding hydrogens is 413 g/mol. The van der Waals surface area contributed by atoms with Crippen LogP contribution in [0, 0.1) is 0 Å². The van der Waals surface area contributed by atoms with Gasteiger partial charge in [-0.25, -0.2) is 4.79 Å². The lowest BCUT2D eigenvalue weighted by Crippen LogP contribution is -2.00. The second kappa shape index (κ2) is 7.92. The van der Waals surface area contributed by atoms with Crippen LogP contribution in [0.3, 0.4) is 0 Å². The zero-order valence-electron chi connectivity index (χ0n) is 14.8. The summed E-state index contributed by atoms with van der Waals surface area (Å²) in [5.41, 5.74) is 3.38. The van der Waals surface area contributed by atoms with E-state index in [0.717, 1.165) is 31.8 Å². The number of hydrogen-bond acceptors (Lipinski definition) is 3. The molecule has 0 unspecified atom stereocenters. The summed E-state index contributed by atoms with van der Waals surface area (Å²) < 4.78 is 4.86. The number of rotatable bonds is 4. The molecule has 0 bridgehead atoms. The number of esters is 1. The maximum absolute atomic E-state index is 12.0. The van der Waals surface area contributed by atoms with Crippen LogP contribution >= 0.6 is 35.0 Å². The number of H-pyrrole nitrogens is 1. The topological polar surface area (TPSA) is 42.1 Å². The zero-order valence-corrected chi connectivity index (χ0v) is 17.2. The first-order chi connectivity index (χ1) is 13.6. The molecule has 140 valence electrons. The Bertz CT molecular complexity index is 1170. The van der Waals surface area contributed by atoms with Crippen LogP contribution in [0.25, 0.3) is 22.0 Å². The van der Waals surface area contributed by atoms with E-state index in [1.807, 2.05) is 54.6 Å². The summed E-state index contributed by atoms with van der Waals surface area (Å²) in [5.74, 6) is -0.395. The Kier molecular flexibility index (Phi) is 5.36. The molecule has 0 saturated heterocycles. The Morgan fingerprint density at radius 2 is 1.75 bits per heavy atom. The first kappa shape index (κ1) is 18.9. The highest BCUT2D eigenvalue weighted by molar-refractivity contribution is 7.99. The Morgan fingerprint density at radius 1 is 0.964 bits per heavy atom. The average Bonchev–Trinajstić information content (AvgIpc) is 3.15. The molecule has 1 aromatic heterocycles. The summed E-state index contributed by atoms with van der Waals surface area (Å²) in [4.78, 5) is 17.2. The molecule has 1 N–H and O–H groups in total. The molecule has 4 rings (SSSR count). The van der Waals surface area contributed by atoms with E-state index in [4.69, 9.17) is 27.9 Å². The van der Waals surface area contributed by atoms with Crippen molar-refractivity contribution >= 4 is 51.8 Å². The number of carbonyl (C=O) groups is 1. The first-order valence-electron chi connectivity index (χ1n) is 8.49. The fourth-order valence-corrected chi connectivity index (χ4v) is 4.43. The van der Waals surface area contributed by atoms with Gasteiger partial charge in [0, 0.05) is 20.7 Å². The molecule has 0 spiro atoms. The lowest BCUT2D eigenvalue weighted by Gasteiger charge is -2.12. The number of carbonyl (C=O) groups excluding carboxylic acids is 1. The van der Waals surface area contributed by atoms with Gasteiger partial charge in [0.15, 0.2) is 0 Å². The van der Waals surface area contributed by atoms with E-state index in [0.29, 0.717) is 15.7 Å². The fraction of sp³-hybridized carbons (Fsp3) is 0.0455. The van der Waals surface area contributed by atoms with E-state index < -0.39 is 5.97 Å². The number of nitrogens with one attached hydrogen (secondary N) is 1. The van der Waals surface area contributed by atoms with Crippen molar-refractivity contribution in [2.24, 2.45) is 0 Å². The number of fused-ring (bicyclic) bond motifs is 1. The van der Waals surface area contributed by atoms with Gasteiger partial charge in [0.05, 0.1) is 22.7 Å². The van der Waals surface area contributed by atoms with Gasteiger partial charge in [0.1, 0.15) is 5.69 Å². The van der Waals surface area contributed by atoms with Crippen LogP contribution in [0.5, 0.6) is 0 Å². The van der Waals surface area contributed by atoms with Crippen LogP contribution < -0.4 is 0 Å². The number of hydrogen-bond donors (Lipinski definition) is 1. The Morgan fingerprint density at radius 3 is 2.46 bits per heavy atom. The van der Waals surface area contributed by atoms with Gasteiger partial charge >= 0.3 is 5.97 Å². The molecule has 0 amide bonds. The number of halogens is 2. The van der Waals surface area contributed by atoms with Crippen LogP contribution in [-0.4, -0.2) is 18.1 Å². The van der Waals surface area contributed by atoms with E-state index in [1.165, 1.54) is 7.11 Å². The first-order valence-corrected chi connectivity index (χ1v) is 10.1. The molecular formula is C22H15Cl2NO2S. The summed E-state index contributed by atoms with van der Waals surface area (Å²) in [6.45, 7) is 0. The maximum atomic E-state index is 12.0. The van der Waals surface area contributed by atoms with Gasteiger partial charge in [-0.15, -0.1) is 0 Å². The minimum Gasteiger partial charge on any atom is -0.464 e. The minimum atomic E-state index is -0.395. The second-order valence-corrected chi connectivity index (χ2v) is 8.05. The van der Waals surface area contributed by atoms with Gasteiger partial charge < -0.3 is 9.72 Å². The van der Waals surface area contributed by atoms with Gasteiger partial charge in [0.25, 0.3) is 0 Å². The Labute approximate surface area is 176 Å². The predicted molar refractivity (Wildman–Crippen MR) is 116 cm³/mol. The fourth-order valence-electron chi connectivity index (χ4n) is 3.04. The third kappa shape index (κ3) is 3.63. The Balaban J connectivity index is 1.89. The van der Waals surface area contributed by atoms with Crippen molar-refractivity contribution in [3.05, 3.63) is 82.5 Å². The molecule has 1 heterocycles. The van der Waals surface area contributed by atoms with Crippen molar-refractivity contribution in [1.82, 2.24) is 4.98 Å². The van der Waals surface area contributed by atoms with E-state index in [-0.39, 0.29) is 0 Å². The second-order valence-electron chi connectivity index (χ2n) is 6.12. The zero-order chi connectivity index (χ0) is 19.7. The van der Waals surface area contributed by atoms with Crippen LogP contribution in [0.15, 0.2) is 76.5 Å². The number of methoxy groups -OCH3 is 1. The smallest absolute Gasteiger partial charge is 0.354 e. The summed E-state index contributed by atoms with van der Waals surface area (Å²) in [5, 5.41) is 1.98. The van der Waals surface area contributed by atoms with Crippen LogP contribution in [0.1, 0.15) is 10.5 Å². The van der Waals surface area contributed by atoms with Crippen LogP contribution in [0.2, 0.25) is 10.0 Å². The molecule has 0 fully saturated rings. The minimum absolute atomic E-state index is 0.395. The maximum Gasteiger partial charge on any atom is 0.354 e. The van der Waals surface area contributed by atoms with E-state index in [9.17, 15) is 4.79 Å². The summed E-state index contributed by atoms with van der Waals surface area (Å²) >= 11 is 13.8. The lowest BCUT2D eigenvalue weighted by molar-refractivity contribution is 0.0595. The SMILES string of the molecule is COC(=O)c1cc2ccc(Sc3ccc(Cl)c(Cl)c3)c(-c3ccccc3)c2[nH]1. The van der Waals surface area contributed by atoms with Gasteiger partial charge in [0.2, 0.25) is 0 Å². The monoisotopic (exact) mass is 427 g/mol. The molecule has 0 saturated carbocycles. The van der Waals surface area contributed by atoms with Gasteiger partial charge in [-0.1, -0.05) is 71.4 Å². The molecule has 0 atom stereocenters. The summed E-state index contributed by atoms with van der Waals surface area (Å²) in [6.07, 6.45) is 0. The van der Waals surface area contributed by atoms with Crippen molar-refractivity contribution in [2.75, 3.05) is 7.11 Å². The molecule has 3 nitrogen and oxygen atoms in total. The number of aromatic nitrogens is 1.